The van der Waals surface area contributed by atoms with E-state index in [1.807, 2.05) is 72.8 Å². The molecule has 0 spiro atoms. The largest absolute Gasteiger partial charge is 0.456 e. The molecule has 4 aromatic heterocycles. The minimum absolute atomic E-state index is 0.591. The van der Waals surface area contributed by atoms with Crippen LogP contribution in [0.2, 0.25) is 0 Å². The van der Waals surface area contributed by atoms with Crippen molar-refractivity contribution in [3.8, 4) is 51.2 Å². The third-order valence-corrected chi connectivity index (χ3v) is 11.0. The van der Waals surface area contributed by atoms with Crippen LogP contribution in [0.3, 0.4) is 0 Å². The summed E-state index contributed by atoms with van der Waals surface area (Å²) >= 11 is 1.77. The van der Waals surface area contributed by atoms with Crippen LogP contribution in [-0.4, -0.2) is 24.5 Å². The van der Waals surface area contributed by atoms with E-state index in [0.29, 0.717) is 17.5 Å². The molecule has 0 aliphatic heterocycles. The van der Waals surface area contributed by atoms with Crippen LogP contribution in [0.1, 0.15) is 0 Å². The van der Waals surface area contributed by atoms with Crippen molar-refractivity contribution in [1.29, 1.82) is 0 Å². The van der Waals surface area contributed by atoms with E-state index in [2.05, 4.69) is 95.6 Å². The quantitative estimate of drug-likeness (QED) is 0.179. The van der Waals surface area contributed by atoms with E-state index in [0.717, 1.165) is 82.2 Å². The lowest BCUT2D eigenvalue weighted by Crippen LogP contribution is -2.01. The molecule has 0 aliphatic rings. The molecular weight excluding hydrogens is 671 g/mol. The highest BCUT2D eigenvalue weighted by Gasteiger charge is 2.23. The van der Waals surface area contributed by atoms with Gasteiger partial charge < -0.3 is 4.42 Å². The van der Waals surface area contributed by atoms with Crippen LogP contribution >= 0.6 is 11.3 Å². The number of hydrogen-bond acceptors (Lipinski definition) is 6. The minimum Gasteiger partial charge on any atom is -0.456 e. The van der Waals surface area contributed by atoms with Crippen molar-refractivity contribution in [1.82, 2.24) is 24.5 Å². The maximum Gasteiger partial charge on any atom is 0.164 e. The predicted molar refractivity (Wildman–Crippen MR) is 216 cm³/mol. The van der Waals surface area contributed by atoms with E-state index in [4.69, 9.17) is 24.4 Å². The van der Waals surface area contributed by atoms with Gasteiger partial charge in [-0.1, -0.05) is 115 Å². The lowest BCUT2D eigenvalue weighted by molar-refractivity contribution is 0.669. The molecule has 248 valence electrons. The summed E-state index contributed by atoms with van der Waals surface area (Å²) in [5.74, 6) is 2.69. The molecule has 0 radical (unpaired) electrons. The maximum absolute atomic E-state index is 6.28. The first-order valence-corrected chi connectivity index (χ1v) is 18.3. The monoisotopic (exact) mass is 697 g/mol. The summed E-state index contributed by atoms with van der Waals surface area (Å²) in [4.78, 5) is 20.9. The van der Waals surface area contributed by atoms with E-state index in [1.165, 1.54) is 4.70 Å². The number of hydrogen-bond donors (Lipinski definition) is 0. The zero-order valence-electron chi connectivity index (χ0n) is 28.1. The van der Waals surface area contributed by atoms with E-state index >= 15 is 0 Å². The Balaban J connectivity index is 1.21. The molecule has 0 saturated carbocycles. The zero-order chi connectivity index (χ0) is 34.9. The Kier molecular flexibility index (Phi) is 6.62. The van der Waals surface area contributed by atoms with Gasteiger partial charge in [-0.05, 0) is 48.5 Å². The lowest BCUT2D eigenvalue weighted by atomic mass is 10.0. The first-order valence-electron chi connectivity index (χ1n) is 17.5. The van der Waals surface area contributed by atoms with Crippen LogP contribution in [-0.2, 0) is 0 Å². The Morgan fingerprint density at radius 1 is 0.434 bits per heavy atom. The SMILES string of the molecule is c1ccc(-c2nc(-c3cccc4oc5ccccc5c34)nc(-c3cccc4sc5cccc(-c6nc7ccccc7n6-c6ccccc6)c5c34)n2)cc1. The van der Waals surface area contributed by atoms with Gasteiger partial charge in [0.15, 0.2) is 17.5 Å². The second-order valence-electron chi connectivity index (χ2n) is 13.0. The number of aromatic nitrogens is 5. The van der Waals surface area contributed by atoms with Gasteiger partial charge in [-0.25, -0.2) is 19.9 Å². The number of thiophene rings is 1. The van der Waals surface area contributed by atoms with Crippen molar-refractivity contribution in [3.63, 3.8) is 0 Å². The highest BCUT2D eigenvalue weighted by Crippen LogP contribution is 2.45. The fourth-order valence-electron chi connectivity index (χ4n) is 7.58. The van der Waals surface area contributed by atoms with Crippen molar-refractivity contribution in [2.45, 2.75) is 0 Å². The summed E-state index contributed by atoms with van der Waals surface area (Å²) in [5, 5.41) is 4.23. The van der Waals surface area contributed by atoms with Gasteiger partial charge in [-0.15, -0.1) is 11.3 Å². The normalized spacial score (nSPS) is 11.8. The second-order valence-corrected chi connectivity index (χ2v) is 14.1. The molecule has 4 heterocycles. The predicted octanol–water partition coefficient (Wildman–Crippen LogP) is 12.1. The number of imidazole rings is 1. The molecular formula is C46H27N5OS. The van der Waals surface area contributed by atoms with E-state index in [1.54, 1.807) is 11.3 Å². The Hall–Kier alpha value is -6.96. The summed E-state index contributed by atoms with van der Waals surface area (Å²) in [7, 11) is 0. The summed E-state index contributed by atoms with van der Waals surface area (Å²) in [5.41, 5.74) is 8.49. The molecule has 7 aromatic carbocycles. The molecule has 11 aromatic rings. The zero-order valence-corrected chi connectivity index (χ0v) is 29.0. The van der Waals surface area contributed by atoms with Crippen LogP contribution in [0.5, 0.6) is 0 Å². The number of para-hydroxylation sites is 4. The standard InChI is InChI=1S/C46H27N5OS/c1-3-14-28(15-4-1)43-48-44(31-19-11-25-37-40(31)30-18-7-10-24-36(30)52-37)50-45(49-43)32-20-12-26-38-41(32)42-33(21-13-27-39(42)53-38)46-47-34-22-8-9-23-35(34)51(46)29-16-5-2-6-17-29/h1-27H. The van der Waals surface area contributed by atoms with Crippen molar-refractivity contribution >= 4 is 64.5 Å². The average Bonchev–Trinajstić information content (AvgIpc) is 3.93. The molecule has 11 rings (SSSR count). The third kappa shape index (κ3) is 4.71. The van der Waals surface area contributed by atoms with E-state index < -0.39 is 0 Å². The molecule has 0 aliphatic carbocycles. The molecule has 0 unspecified atom stereocenters. The van der Waals surface area contributed by atoms with Gasteiger partial charge in [0, 0.05) is 58.9 Å². The van der Waals surface area contributed by atoms with Crippen LogP contribution in [0.15, 0.2) is 168 Å². The van der Waals surface area contributed by atoms with Crippen molar-refractivity contribution < 1.29 is 4.42 Å². The van der Waals surface area contributed by atoms with Gasteiger partial charge in [0.25, 0.3) is 0 Å². The summed E-state index contributed by atoms with van der Waals surface area (Å²) in [6.45, 7) is 0. The number of rotatable bonds is 5. The van der Waals surface area contributed by atoms with Crippen molar-refractivity contribution in [3.05, 3.63) is 164 Å². The van der Waals surface area contributed by atoms with Gasteiger partial charge in [0.2, 0.25) is 0 Å². The number of benzene rings is 7. The molecule has 7 heteroatoms. The van der Waals surface area contributed by atoms with Crippen LogP contribution in [0.25, 0.3) is 104 Å². The molecule has 0 bridgehead atoms. The van der Waals surface area contributed by atoms with Gasteiger partial charge >= 0.3 is 0 Å². The Morgan fingerprint density at radius 3 is 1.81 bits per heavy atom. The summed E-state index contributed by atoms with van der Waals surface area (Å²) < 4.78 is 10.9. The molecule has 0 N–H and O–H groups in total. The van der Waals surface area contributed by atoms with Crippen molar-refractivity contribution in [2.75, 3.05) is 0 Å². The Labute approximate surface area is 307 Å². The molecule has 0 amide bonds. The van der Waals surface area contributed by atoms with E-state index in [-0.39, 0.29) is 0 Å². The molecule has 6 nitrogen and oxygen atoms in total. The fraction of sp³-hybridized carbons (Fsp3) is 0. The van der Waals surface area contributed by atoms with Crippen molar-refractivity contribution in [2.24, 2.45) is 0 Å². The van der Waals surface area contributed by atoms with Gasteiger partial charge in [-0.3, -0.25) is 4.57 Å². The second kappa shape index (κ2) is 11.8. The first kappa shape index (κ1) is 29.7. The highest BCUT2D eigenvalue weighted by molar-refractivity contribution is 7.26. The van der Waals surface area contributed by atoms with Crippen LogP contribution < -0.4 is 0 Å². The van der Waals surface area contributed by atoms with Gasteiger partial charge in [-0.2, -0.15) is 0 Å². The number of furan rings is 1. The lowest BCUT2D eigenvalue weighted by Gasteiger charge is -2.12. The molecule has 53 heavy (non-hydrogen) atoms. The molecule has 0 atom stereocenters. The average molecular weight is 698 g/mol. The first-order chi connectivity index (χ1) is 26.3. The van der Waals surface area contributed by atoms with Gasteiger partial charge in [0.05, 0.1) is 11.0 Å². The summed E-state index contributed by atoms with van der Waals surface area (Å²) in [6.07, 6.45) is 0. The topological polar surface area (TPSA) is 69.6 Å². The van der Waals surface area contributed by atoms with Gasteiger partial charge in [0.1, 0.15) is 17.0 Å². The molecule has 0 saturated heterocycles. The Bertz CT molecular complexity index is 3180. The van der Waals surface area contributed by atoms with Crippen LogP contribution in [0.4, 0.5) is 0 Å². The minimum atomic E-state index is 0.591. The fourth-order valence-corrected chi connectivity index (χ4v) is 8.74. The third-order valence-electron chi connectivity index (χ3n) is 9.89. The van der Waals surface area contributed by atoms with E-state index in [9.17, 15) is 0 Å². The maximum atomic E-state index is 6.28. The number of nitrogens with zero attached hydrogens (tertiary/aromatic N) is 5. The van der Waals surface area contributed by atoms with Crippen LogP contribution in [0, 0.1) is 0 Å². The smallest absolute Gasteiger partial charge is 0.164 e. The summed E-state index contributed by atoms with van der Waals surface area (Å²) in [6, 6.07) is 56.0. The Morgan fingerprint density at radius 2 is 1.02 bits per heavy atom. The molecule has 0 fully saturated rings. The highest BCUT2D eigenvalue weighted by atomic mass is 32.1. The number of fused-ring (bicyclic) bond motifs is 7.